The molecule has 0 aliphatic carbocycles. The molecule has 0 saturated carbocycles. The van der Waals surface area contributed by atoms with Crippen molar-refractivity contribution in [1.82, 2.24) is 10.4 Å². The second-order valence-electron chi connectivity index (χ2n) is 8.59. The maximum atomic E-state index is 12.7. The summed E-state index contributed by atoms with van der Waals surface area (Å²) in [5.41, 5.74) is 4.01. The summed E-state index contributed by atoms with van der Waals surface area (Å²) in [6, 6.07) is 5.24. The van der Waals surface area contributed by atoms with E-state index in [-0.39, 0.29) is 18.9 Å². The monoisotopic (exact) mass is 435 g/mol. The van der Waals surface area contributed by atoms with Gasteiger partial charge in [0.05, 0.1) is 5.56 Å². The number of hydroxylamine groups is 3. The van der Waals surface area contributed by atoms with Gasteiger partial charge in [-0.1, -0.05) is 5.06 Å². The third-order valence-corrected chi connectivity index (χ3v) is 5.96. The first-order valence-corrected chi connectivity index (χ1v) is 10.2. The Morgan fingerprint density at radius 1 is 1.23 bits per heavy atom. The van der Waals surface area contributed by atoms with Crippen molar-refractivity contribution in [3.05, 3.63) is 35.0 Å². The Balaban J connectivity index is 2.00. The Labute approximate surface area is 181 Å². The summed E-state index contributed by atoms with van der Waals surface area (Å²) >= 11 is 0. The number of nitrogens with two attached hydrogens (primary N) is 1. The molecule has 1 atom stereocenters. The lowest BCUT2D eigenvalue weighted by atomic mass is 9.84. The number of ether oxygens (including phenoxy) is 1. The Hall–Kier alpha value is -2.85. The second-order valence-corrected chi connectivity index (χ2v) is 8.59. The number of carboxylic acid groups (broad SMARTS) is 1. The minimum Gasteiger partial charge on any atom is -0.714 e. The SMILES string of the molecule is CC1(C)N([O])C(c2ccc(OCC(=O)N[C@@H](CCCCN)C(=O)O)cc2)=[N+]([O-])C1(C)C. The van der Waals surface area contributed by atoms with Crippen molar-refractivity contribution in [3.8, 4) is 5.75 Å². The number of rotatable bonds is 10. The third-order valence-electron chi connectivity index (χ3n) is 5.96. The minimum absolute atomic E-state index is 0.0149. The molecular formula is C21H31N4O6. The number of aliphatic carboxylic acids is 1. The average molecular weight is 436 g/mol. The number of carboxylic acids is 1. The summed E-state index contributed by atoms with van der Waals surface area (Å²) in [6.07, 6.45) is 1.56. The fourth-order valence-electron chi connectivity index (χ4n) is 3.18. The van der Waals surface area contributed by atoms with Crippen LogP contribution in [-0.2, 0) is 14.8 Å². The summed E-state index contributed by atoms with van der Waals surface area (Å²) < 4.78 is 6.13. The Morgan fingerprint density at radius 3 is 2.32 bits per heavy atom. The van der Waals surface area contributed by atoms with E-state index < -0.39 is 29.0 Å². The molecule has 2 rings (SSSR count). The molecule has 1 aromatic carbocycles. The lowest BCUT2D eigenvalue weighted by Gasteiger charge is -2.32. The highest BCUT2D eigenvalue weighted by molar-refractivity contribution is 5.96. The zero-order valence-electron chi connectivity index (χ0n) is 18.4. The molecular weight excluding hydrogens is 404 g/mol. The molecule has 10 heteroatoms. The van der Waals surface area contributed by atoms with Crippen LogP contribution in [0, 0.1) is 5.21 Å². The predicted octanol–water partition coefficient (Wildman–Crippen LogP) is 1.24. The van der Waals surface area contributed by atoms with E-state index in [1.165, 1.54) is 0 Å². The number of carbonyl (C=O) groups is 2. The van der Waals surface area contributed by atoms with Gasteiger partial charge in [-0.05, 0) is 77.8 Å². The highest BCUT2D eigenvalue weighted by atomic mass is 16.5. The molecule has 171 valence electrons. The zero-order chi connectivity index (χ0) is 23.4. The molecule has 1 aromatic rings. The molecule has 1 aliphatic heterocycles. The molecule has 0 spiro atoms. The van der Waals surface area contributed by atoms with E-state index in [0.717, 1.165) is 9.80 Å². The Morgan fingerprint density at radius 2 is 1.84 bits per heavy atom. The number of carbonyl (C=O) groups excluding carboxylic acids is 1. The number of unbranched alkanes of at least 4 members (excludes halogenated alkanes) is 1. The molecule has 0 unspecified atom stereocenters. The second kappa shape index (κ2) is 9.52. The smallest absolute Gasteiger partial charge is 0.326 e. The van der Waals surface area contributed by atoms with Crippen LogP contribution in [-0.4, -0.2) is 62.9 Å². The molecule has 10 nitrogen and oxygen atoms in total. The van der Waals surface area contributed by atoms with Gasteiger partial charge in [-0.25, -0.2) is 4.79 Å². The normalized spacial score (nSPS) is 18.1. The van der Waals surface area contributed by atoms with E-state index in [2.05, 4.69) is 5.32 Å². The number of amidine groups is 1. The van der Waals surface area contributed by atoms with Crippen LogP contribution in [0.1, 0.15) is 52.5 Å². The molecule has 1 radical (unpaired) electrons. The van der Waals surface area contributed by atoms with Crippen molar-refractivity contribution in [2.24, 2.45) is 5.73 Å². The molecule has 31 heavy (non-hydrogen) atoms. The molecule has 1 heterocycles. The molecule has 1 aliphatic rings. The van der Waals surface area contributed by atoms with Crippen molar-refractivity contribution >= 4 is 17.7 Å². The van der Waals surface area contributed by atoms with Crippen LogP contribution in [0.25, 0.3) is 0 Å². The van der Waals surface area contributed by atoms with Crippen molar-refractivity contribution in [3.63, 3.8) is 0 Å². The third kappa shape index (κ3) is 5.08. The van der Waals surface area contributed by atoms with Crippen molar-refractivity contribution in [2.45, 2.75) is 64.1 Å². The highest BCUT2D eigenvalue weighted by Gasteiger charge is 2.59. The molecule has 1 amide bonds. The van der Waals surface area contributed by atoms with Gasteiger partial charge in [-0.15, -0.1) is 0 Å². The van der Waals surface area contributed by atoms with Gasteiger partial charge in [-0.3, -0.25) is 9.53 Å². The van der Waals surface area contributed by atoms with Gasteiger partial charge in [-0.2, -0.15) is 0 Å². The summed E-state index contributed by atoms with van der Waals surface area (Å²) in [5.74, 6) is -1.31. The van der Waals surface area contributed by atoms with E-state index in [1.807, 2.05) is 0 Å². The van der Waals surface area contributed by atoms with E-state index in [9.17, 15) is 25.1 Å². The van der Waals surface area contributed by atoms with Gasteiger partial charge in [0.15, 0.2) is 12.1 Å². The first-order chi connectivity index (χ1) is 14.4. The fourth-order valence-corrected chi connectivity index (χ4v) is 3.18. The van der Waals surface area contributed by atoms with Gasteiger partial charge in [0.25, 0.3) is 5.91 Å². The van der Waals surface area contributed by atoms with Crippen molar-refractivity contribution in [1.29, 1.82) is 0 Å². The maximum absolute atomic E-state index is 12.7. The van der Waals surface area contributed by atoms with Gasteiger partial charge in [0.1, 0.15) is 17.3 Å². The Bertz CT molecular complexity index is 835. The van der Waals surface area contributed by atoms with E-state index in [1.54, 1.807) is 52.0 Å². The number of hydrogen-bond donors (Lipinski definition) is 3. The highest BCUT2D eigenvalue weighted by Crippen LogP contribution is 2.37. The largest absolute Gasteiger partial charge is 0.714 e. The van der Waals surface area contributed by atoms with Crippen LogP contribution >= 0.6 is 0 Å². The van der Waals surface area contributed by atoms with Crippen molar-refractivity contribution < 1.29 is 29.4 Å². The standard InChI is InChI=1S/C21H31N4O6/c1-20(2)21(3,4)25(30)18(24(20)29)14-8-10-15(11-9-14)31-13-17(26)23-16(19(27)28)7-5-6-12-22/h8-11,16H,5-7,12-13,22H2,1-4H3,(H,23,26)(H,27,28)/t16-/m0/s1. The summed E-state index contributed by atoms with van der Waals surface area (Å²) in [4.78, 5) is 23.3. The first kappa shape index (κ1) is 24.4. The van der Waals surface area contributed by atoms with Gasteiger partial charge >= 0.3 is 11.8 Å². The van der Waals surface area contributed by atoms with E-state index in [4.69, 9.17) is 10.5 Å². The van der Waals surface area contributed by atoms with Crippen LogP contribution in [0.3, 0.4) is 0 Å². The number of benzene rings is 1. The zero-order valence-corrected chi connectivity index (χ0v) is 18.4. The maximum Gasteiger partial charge on any atom is 0.326 e. The molecule has 0 fully saturated rings. The average Bonchev–Trinajstić information content (AvgIpc) is 2.83. The lowest BCUT2D eigenvalue weighted by Crippen LogP contribution is -2.53. The van der Waals surface area contributed by atoms with E-state index in [0.29, 0.717) is 30.7 Å². The number of amides is 1. The number of hydrogen-bond acceptors (Lipinski definition) is 6. The topological polar surface area (TPSA) is 151 Å². The molecule has 0 bridgehead atoms. The van der Waals surface area contributed by atoms with Gasteiger partial charge < -0.3 is 26.1 Å². The van der Waals surface area contributed by atoms with Crippen LogP contribution in [0.5, 0.6) is 5.75 Å². The minimum atomic E-state index is -1.11. The van der Waals surface area contributed by atoms with Gasteiger partial charge in [0.2, 0.25) is 0 Å². The lowest BCUT2D eigenvalue weighted by molar-refractivity contribution is -0.539. The van der Waals surface area contributed by atoms with Crippen molar-refractivity contribution in [2.75, 3.05) is 13.2 Å². The molecule has 0 aromatic heterocycles. The van der Waals surface area contributed by atoms with Gasteiger partial charge in [0, 0.05) is 5.21 Å². The molecule has 4 N–H and O–H groups in total. The van der Waals surface area contributed by atoms with E-state index >= 15 is 0 Å². The fraction of sp³-hybridized carbons (Fsp3) is 0.571. The summed E-state index contributed by atoms with van der Waals surface area (Å²) in [5, 5.41) is 37.8. The van der Waals surface area contributed by atoms with Crippen LogP contribution < -0.4 is 15.8 Å². The van der Waals surface area contributed by atoms with Crippen LogP contribution in [0.15, 0.2) is 24.3 Å². The quantitative estimate of drug-likeness (QED) is 0.284. The Kier molecular flexibility index (Phi) is 7.50. The predicted molar refractivity (Wildman–Crippen MR) is 113 cm³/mol. The first-order valence-electron chi connectivity index (χ1n) is 10.2. The number of nitrogens with zero attached hydrogens (tertiary/aromatic N) is 2. The molecule has 0 saturated heterocycles. The summed E-state index contributed by atoms with van der Waals surface area (Å²) in [7, 11) is 0. The van der Waals surface area contributed by atoms with Crippen LogP contribution in [0.4, 0.5) is 0 Å². The summed E-state index contributed by atoms with van der Waals surface area (Å²) in [6.45, 7) is 6.96. The van der Waals surface area contributed by atoms with Crippen LogP contribution in [0.2, 0.25) is 0 Å². The number of nitrogens with one attached hydrogen (secondary N) is 1.